The van der Waals surface area contributed by atoms with Crippen LogP contribution in [0.1, 0.15) is 19.8 Å². The Morgan fingerprint density at radius 1 is 1.00 bits per heavy atom. The van der Waals surface area contributed by atoms with Crippen molar-refractivity contribution in [3.63, 3.8) is 0 Å². The third kappa shape index (κ3) is 5.44. The molecule has 0 saturated heterocycles. The number of halogens is 2. The highest BCUT2D eigenvalue weighted by Gasteiger charge is 2.03. The van der Waals surface area contributed by atoms with Gasteiger partial charge in [-0.1, -0.05) is 13.3 Å². The Kier molecular flexibility index (Phi) is 6.37. The van der Waals surface area contributed by atoms with E-state index in [2.05, 4.69) is 21.9 Å². The molecule has 1 rings (SSSR count). The van der Waals surface area contributed by atoms with Gasteiger partial charge in [-0.25, -0.2) is 0 Å². The third-order valence-electron chi connectivity index (χ3n) is 1.66. The largest absolute Gasteiger partial charge is 0.461 e. The highest BCUT2D eigenvalue weighted by atomic mass is 35.5. The van der Waals surface area contributed by atoms with Crippen molar-refractivity contribution in [1.82, 2.24) is 15.0 Å². The van der Waals surface area contributed by atoms with Crippen molar-refractivity contribution >= 4 is 23.2 Å². The van der Waals surface area contributed by atoms with Crippen LogP contribution >= 0.6 is 23.2 Å². The van der Waals surface area contributed by atoms with E-state index in [-0.39, 0.29) is 16.6 Å². The Morgan fingerprint density at radius 3 is 2.31 bits per heavy atom. The summed E-state index contributed by atoms with van der Waals surface area (Å²) in [5.41, 5.74) is 0. The topological polar surface area (TPSA) is 57.1 Å². The first-order valence-electron chi connectivity index (χ1n) is 5.00. The summed E-state index contributed by atoms with van der Waals surface area (Å²) in [6.45, 7) is 3.69. The Labute approximate surface area is 104 Å². The van der Waals surface area contributed by atoms with Crippen LogP contribution in [0.5, 0.6) is 6.01 Å². The van der Waals surface area contributed by atoms with Crippen LogP contribution in [0.3, 0.4) is 0 Å². The molecule has 0 aliphatic carbocycles. The predicted octanol–water partition coefficient (Wildman–Crippen LogP) is 2.37. The van der Waals surface area contributed by atoms with Gasteiger partial charge in [-0.2, -0.15) is 15.0 Å². The van der Waals surface area contributed by atoms with E-state index >= 15 is 0 Å². The maximum atomic E-state index is 5.57. The van der Waals surface area contributed by atoms with Crippen LogP contribution < -0.4 is 4.74 Å². The monoisotopic (exact) mass is 265 g/mol. The molecule has 1 aromatic rings. The molecule has 0 aromatic carbocycles. The molecule has 0 spiro atoms. The molecule has 0 saturated carbocycles. The van der Waals surface area contributed by atoms with E-state index in [0.717, 1.165) is 19.4 Å². The van der Waals surface area contributed by atoms with Gasteiger partial charge in [-0.3, -0.25) is 0 Å². The van der Waals surface area contributed by atoms with Crippen molar-refractivity contribution in [1.29, 1.82) is 0 Å². The molecule has 0 bridgehead atoms. The lowest BCUT2D eigenvalue weighted by Crippen LogP contribution is -2.09. The van der Waals surface area contributed by atoms with E-state index in [0.29, 0.717) is 13.2 Å². The SMILES string of the molecule is CCCCOCCOc1nc(Cl)nc(Cl)n1. The predicted molar refractivity (Wildman–Crippen MR) is 61.1 cm³/mol. The number of ether oxygens (including phenoxy) is 2. The summed E-state index contributed by atoms with van der Waals surface area (Å²) in [6.07, 6.45) is 2.16. The minimum Gasteiger partial charge on any atom is -0.461 e. The molecular weight excluding hydrogens is 253 g/mol. The van der Waals surface area contributed by atoms with Crippen LogP contribution in [-0.2, 0) is 4.74 Å². The maximum absolute atomic E-state index is 5.57. The van der Waals surface area contributed by atoms with Crippen LogP contribution in [0.4, 0.5) is 0 Å². The Bertz CT molecular complexity index is 305. The molecule has 16 heavy (non-hydrogen) atoms. The number of nitrogens with zero attached hydrogens (tertiary/aromatic N) is 3. The van der Waals surface area contributed by atoms with Gasteiger partial charge in [-0.15, -0.1) is 0 Å². The van der Waals surface area contributed by atoms with E-state index in [4.69, 9.17) is 32.7 Å². The first-order valence-corrected chi connectivity index (χ1v) is 5.75. The van der Waals surface area contributed by atoms with Crippen molar-refractivity contribution in [2.75, 3.05) is 19.8 Å². The molecule has 0 amide bonds. The van der Waals surface area contributed by atoms with Crippen molar-refractivity contribution in [3.8, 4) is 6.01 Å². The molecular formula is C9H13Cl2N3O2. The fourth-order valence-corrected chi connectivity index (χ4v) is 1.26. The number of rotatable bonds is 7. The number of hydrogen-bond acceptors (Lipinski definition) is 5. The summed E-state index contributed by atoms with van der Waals surface area (Å²) in [7, 11) is 0. The van der Waals surface area contributed by atoms with Crippen molar-refractivity contribution in [3.05, 3.63) is 10.6 Å². The summed E-state index contributed by atoms with van der Waals surface area (Å²) in [5.74, 6) is 0. The Balaban J connectivity index is 2.21. The summed E-state index contributed by atoms with van der Waals surface area (Å²) in [5, 5.41) is 0.0313. The summed E-state index contributed by atoms with van der Waals surface area (Å²) < 4.78 is 10.5. The third-order valence-corrected chi connectivity index (χ3v) is 2.00. The first kappa shape index (κ1) is 13.4. The Hall–Kier alpha value is -0.650. The maximum Gasteiger partial charge on any atom is 0.322 e. The van der Waals surface area contributed by atoms with Gasteiger partial charge in [0.2, 0.25) is 10.6 Å². The summed E-state index contributed by atoms with van der Waals surface area (Å²) >= 11 is 11.1. The van der Waals surface area contributed by atoms with Crippen molar-refractivity contribution in [2.24, 2.45) is 0 Å². The average Bonchev–Trinajstić information content (AvgIpc) is 2.22. The second kappa shape index (κ2) is 7.60. The summed E-state index contributed by atoms with van der Waals surface area (Å²) in [6, 6.07) is 0.115. The van der Waals surface area contributed by atoms with Gasteiger partial charge in [0.05, 0.1) is 6.61 Å². The zero-order chi connectivity index (χ0) is 11.8. The van der Waals surface area contributed by atoms with Crippen molar-refractivity contribution < 1.29 is 9.47 Å². The minimum atomic E-state index is 0.0156. The van der Waals surface area contributed by atoms with Gasteiger partial charge < -0.3 is 9.47 Å². The van der Waals surface area contributed by atoms with Gasteiger partial charge in [-0.05, 0) is 29.6 Å². The van der Waals surface area contributed by atoms with E-state index in [1.165, 1.54) is 0 Å². The molecule has 0 aliphatic heterocycles. The van der Waals surface area contributed by atoms with Gasteiger partial charge in [0, 0.05) is 6.61 Å². The molecule has 0 fully saturated rings. The van der Waals surface area contributed by atoms with Crippen LogP contribution in [0.25, 0.3) is 0 Å². The zero-order valence-electron chi connectivity index (χ0n) is 8.95. The molecule has 5 nitrogen and oxygen atoms in total. The fraction of sp³-hybridized carbons (Fsp3) is 0.667. The average molecular weight is 266 g/mol. The van der Waals surface area contributed by atoms with E-state index < -0.39 is 0 Å². The standard InChI is InChI=1S/C9H13Cl2N3O2/c1-2-3-4-15-5-6-16-9-13-7(10)12-8(11)14-9/h2-6H2,1H3. The number of aromatic nitrogens is 3. The van der Waals surface area contributed by atoms with Crippen LogP contribution in [0.2, 0.25) is 10.6 Å². The molecule has 0 unspecified atom stereocenters. The van der Waals surface area contributed by atoms with Gasteiger partial charge in [0.1, 0.15) is 6.61 Å². The normalized spacial score (nSPS) is 10.4. The molecule has 0 atom stereocenters. The van der Waals surface area contributed by atoms with Gasteiger partial charge >= 0.3 is 6.01 Å². The zero-order valence-corrected chi connectivity index (χ0v) is 10.5. The number of hydrogen-bond donors (Lipinski definition) is 0. The quantitative estimate of drug-likeness (QED) is 0.709. The van der Waals surface area contributed by atoms with Crippen molar-refractivity contribution in [2.45, 2.75) is 19.8 Å². The molecule has 0 N–H and O–H groups in total. The number of unbranched alkanes of at least 4 members (excludes halogenated alkanes) is 1. The highest BCUT2D eigenvalue weighted by molar-refractivity contribution is 6.31. The molecule has 1 heterocycles. The van der Waals surface area contributed by atoms with Crippen LogP contribution in [0, 0.1) is 0 Å². The van der Waals surface area contributed by atoms with Gasteiger partial charge in [0.25, 0.3) is 0 Å². The summed E-state index contributed by atoms with van der Waals surface area (Å²) in [4.78, 5) is 11.1. The van der Waals surface area contributed by atoms with E-state index in [1.54, 1.807) is 0 Å². The smallest absolute Gasteiger partial charge is 0.322 e. The van der Waals surface area contributed by atoms with Crippen LogP contribution in [-0.4, -0.2) is 34.8 Å². The fourth-order valence-electron chi connectivity index (χ4n) is 0.914. The lowest BCUT2D eigenvalue weighted by atomic mass is 10.4. The molecule has 1 aromatic heterocycles. The van der Waals surface area contributed by atoms with E-state index in [1.807, 2.05) is 0 Å². The minimum absolute atomic E-state index is 0.0156. The Morgan fingerprint density at radius 2 is 1.69 bits per heavy atom. The molecule has 90 valence electrons. The molecule has 0 aliphatic rings. The highest BCUT2D eigenvalue weighted by Crippen LogP contribution is 2.10. The first-order chi connectivity index (χ1) is 7.72. The van der Waals surface area contributed by atoms with Crippen LogP contribution in [0.15, 0.2) is 0 Å². The second-order valence-corrected chi connectivity index (χ2v) is 3.65. The van der Waals surface area contributed by atoms with Gasteiger partial charge in [0.15, 0.2) is 0 Å². The molecule has 7 heteroatoms. The lowest BCUT2D eigenvalue weighted by molar-refractivity contribution is 0.0947. The van der Waals surface area contributed by atoms with E-state index in [9.17, 15) is 0 Å². The molecule has 0 radical (unpaired) electrons. The second-order valence-electron chi connectivity index (χ2n) is 2.97. The lowest BCUT2D eigenvalue weighted by Gasteiger charge is -2.05.